The number of rotatable bonds is 4. The van der Waals surface area contributed by atoms with Gasteiger partial charge in [0.15, 0.2) is 0 Å². The topological polar surface area (TPSA) is 102 Å². The summed E-state index contributed by atoms with van der Waals surface area (Å²) in [4.78, 5) is 27.0. The van der Waals surface area contributed by atoms with E-state index in [4.69, 9.17) is 13.7 Å². The second kappa shape index (κ2) is 7.71. The highest BCUT2D eigenvalue weighted by Crippen LogP contribution is 2.21. The van der Waals surface area contributed by atoms with E-state index >= 15 is 0 Å². The molecule has 0 unspecified atom stereocenters. The molecule has 9 heteroatoms. The Labute approximate surface area is 163 Å². The van der Waals surface area contributed by atoms with Crippen LogP contribution in [0.4, 0.5) is 11.6 Å². The van der Waals surface area contributed by atoms with Crippen LogP contribution in [0.2, 0.25) is 0 Å². The van der Waals surface area contributed by atoms with Gasteiger partial charge < -0.3 is 16.1 Å². The Balaban J connectivity index is 1.49. The molecule has 1 aliphatic rings. The molecular weight excluding hydrogens is 353 g/mol. The highest BCUT2D eigenvalue weighted by molar-refractivity contribution is 6.32. The van der Waals surface area contributed by atoms with Crippen molar-refractivity contribution in [1.82, 2.24) is 19.6 Å². The van der Waals surface area contributed by atoms with E-state index in [2.05, 4.69) is 20.3 Å². The third kappa shape index (κ3) is 3.83. The molecule has 1 fully saturated rings. The van der Waals surface area contributed by atoms with Crippen molar-refractivity contribution in [3.8, 4) is 11.4 Å². The number of hydrogen-bond donors (Lipinski definition) is 2. The summed E-state index contributed by atoms with van der Waals surface area (Å²) >= 11 is 0. The highest BCUT2D eigenvalue weighted by atomic mass is 16.1. The maximum atomic E-state index is 12.3. The Bertz CT molecular complexity index is 999. The van der Waals surface area contributed by atoms with Gasteiger partial charge >= 0.3 is 0 Å². The van der Waals surface area contributed by atoms with Gasteiger partial charge in [0, 0.05) is 37.1 Å². The molecule has 2 aromatic heterocycles. The molecule has 3 N–H and O–H groups in total. The number of nitrogens with two attached hydrogens (primary N) is 1. The largest absolute Gasteiger partial charge is 0.382 e. The maximum absolute atomic E-state index is 12.3. The predicted molar refractivity (Wildman–Crippen MR) is 110 cm³/mol. The van der Waals surface area contributed by atoms with Crippen LogP contribution in [-0.2, 0) is 0 Å². The van der Waals surface area contributed by atoms with Gasteiger partial charge in [-0.05, 0) is 31.0 Å². The zero-order valence-corrected chi connectivity index (χ0v) is 15.3. The molecule has 0 bridgehead atoms. The first-order valence-electron chi connectivity index (χ1n) is 9.13. The van der Waals surface area contributed by atoms with E-state index in [1.165, 1.54) is 12.4 Å². The molecule has 0 spiro atoms. The van der Waals surface area contributed by atoms with Crippen LogP contribution in [0.1, 0.15) is 12.8 Å². The Kier molecular flexibility index (Phi) is 4.97. The van der Waals surface area contributed by atoms with E-state index < -0.39 is 0 Å². The first kappa shape index (κ1) is 18.0. The van der Waals surface area contributed by atoms with Crippen LogP contribution < -0.4 is 27.1 Å². The molecule has 1 aliphatic heterocycles. The third-order valence-corrected chi connectivity index (χ3v) is 4.84. The fourth-order valence-corrected chi connectivity index (χ4v) is 3.31. The molecule has 4 rings (SSSR count). The van der Waals surface area contributed by atoms with E-state index in [0.717, 1.165) is 41.8 Å². The number of nitrogen functional groups attached to an aromatic ring is 1. The standard InChI is InChI=1S/C19H20BN7O/c20-13-1-3-14(4-2-13)24-15-6-9-26(10-7-15)19-25-17(11-18(28)27(19)21)16-5-8-22-12-23-16/h1-5,8,11-12,15,24H,6-7,9-10,21H2. The van der Waals surface area contributed by atoms with Gasteiger partial charge in [0.05, 0.1) is 11.4 Å². The lowest BCUT2D eigenvalue weighted by Crippen LogP contribution is -2.43. The summed E-state index contributed by atoms with van der Waals surface area (Å²) in [6.07, 6.45) is 4.85. The van der Waals surface area contributed by atoms with Gasteiger partial charge in [-0.2, -0.15) is 4.68 Å². The van der Waals surface area contributed by atoms with Gasteiger partial charge in [0.2, 0.25) is 5.95 Å². The molecule has 3 heterocycles. The fraction of sp³-hybridized carbons (Fsp3) is 0.263. The molecule has 0 atom stereocenters. The minimum atomic E-state index is -0.319. The molecule has 3 aromatic rings. The van der Waals surface area contributed by atoms with Crippen LogP contribution in [0, 0.1) is 0 Å². The highest BCUT2D eigenvalue weighted by Gasteiger charge is 2.23. The van der Waals surface area contributed by atoms with Crippen molar-refractivity contribution in [2.75, 3.05) is 29.1 Å². The van der Waals surface area contributed by atoms with Crippen LogP contribution in [0.3, 0.4) is 0 Å². The summed E-state index contributed by atoms with van der Waals surface area (Å²) in [5.41, 5.74) is 2.56. The molecule has 8 nitrogen and oxygen atoms in total. The molecular formula is C19H20BN7O. The number of nitrogens with zero attached hydrogens (tertiary/aromatic N) is 5. The Morgan fingerprint density at radius 2 is 1.86 bits per heavy atom. The zero-order chi connectivity index (χ0) is 19.5. The van der Waals surface area contributed by atoms with Crippen LogP contribution in [0.15, 0.2) is 53.7 Å². The smallest absolute Gasteiger partial charge is 0.274 e. The van der Waals surface area contributed by atoms with E-state index in [1.54, 1.807) is 12.3 Å². The van der Waals surface area contributed by atoms with Crippen LogP contribution in [-0.4, -0.2) is 46.6 Å². The molecule has 1 aromatic carbocycles. The zero-order valence-electron chi connectivity index (χ0n) is 15.3. The molecule has 0 saturated carbocycles. The van der Waals surface area contributed by atoms with Crippen molar-refractivity contribution in [2.45, 2.75) is 18.9 Å². The summed E-state index contributed by atoms with van der Waals surface area (Å²) < 4.78 is 1.10. The summed E-state index contributed by atoms with van der Waals surface area (Å²) in [6, 6.07) is 11.2. The number of nitrogens with one attached hydrogen (secondary N) is 1. The molecule has 28 heavy (non-hydrogen) atoms. The fourth-order valence-electron chi connectivity index (χ4n) is 3.31. The van der Waals surface area contributed by atoms with E-state index in [-0.39, 0.29) is 5.56 Å². The first-order valence-corrected chi connectivity index (χ1v) is 9.13. The number of benzene rings is 1. The number of anilines is 2. The van der Waals surface area contributed by atoms with Crippen molar-refractivity contribution in [2.24, 2.45) is 0 Å². The van der Waals surface area contributed by atoms with Crippen LogP contribution >= 0.6 is 0 Å². The number of piperidine rings is 1. The van der Waals surface area contributed by atoms with Gasteiger partial charge in [0.25, 0.3) is 5.56 Å². The minimum Gasteiger partial charge on any atom is -0.382 e. The average Bonchev–Trinajstić information content (AvgIpc) is 2.73. The van der Waals surface area contributed by atoms with Crippen molar-refractivity contribution in [3.05, 3.63) is 59.3 Å². The van der Waals surface area contributed by atoms with Gasteiger partial charge in [0.1, 0.15) is 14.2 Å². The molecule has 140 valence electrons. The monoisotopic (exact) mass is 373 g/mol. The lowest BCUT2D eigenvalue weighted by atomic mass is 9.96. The SMILES string of the molecule is [B]c1ccc(NC2CCN(c3nc(-c4ccncn4)cc(=O)n3N)CC2)cc1. The lowest BCUT2D eigenvalue weighted by molar-refractivity contribution is 0.515. The Morgan fingerprint density at radius 1 is 1.11 bits per heavy atom. The summed E-state index contributed by atoms with van der Waals surface area (Å²) in [6.45, 7) is 1.48. The van der Waals surface area contributed by atoms with Crippen molar-refractivity contribution in [1.29, 1.82) is 0 Å². The van der Waals surface area contributed by atoms with E-state index in [9.17, 15) is 4.79 Å². The van der Waals surface area contributed by atoms with Crippen LogP contribution in [0.5, 0.6) is 0 Å². The number of aromatic nitrogens is 4. The van der Waals surface area contributed by atoms with Gasteiger partial charge in [-0.1, -0.05) is 17.6 Å². The quantitative estimate of drug-likeness (QED) is 0.501. The summed E-state index contributed by atoms with van der Waals surface area (Å²) in [5.74, 6) is 6.42. The second-order valence-corrected chi connectivity index (χ2v) is 6.77. The first-order chi connectivity index (χ1) is 13.6. The maximum Gasteiger partial charge on any atom is 0.274 e. The minimum absolute atomic E-state index is 0.319. The summed E-state index contributed by atoms with van der Waals surface area (Å²) in [7, 11) is 5.73. The molecule has 2 radical (unpaired) electrons. The van der Waals surface area contributed by atoms with E-state index in [1.807, 2.05) is 29.2 Å². The summed E-state index contributed by atoms with van der Waals surface area (Å²) in [5, 5.41) is 3.52. The van der Waals surface area contributed by atoms with Crippen LogP contribution in [0.25, 0.3) is 11.4 Å². The van der Waals surface area contributed by atoms with Crippen molar-refractivity contribution in [3.63, 3.8) is 0 Å². The van der Waals surface area contributed by atoms with Crippen molar-refractivity contribution >= 4 is 24.9 Å². The van der Waals surface area contributed by atoms with Gasteiger partial charge in [-0.15, -0.1) is 0 Å². The Morgan fingerprint density at radius 3 is 2.54 bits per heavy atom. The average molecular weight is 373 g/mol. The third-order valence-electron chi connectivity index (χ3n) is 4.84. The lowest BCUT2D eigenvalue weighted by Gasteiger charge is -2.34. The Hall–Kier alpha value is -3.36. The molecule has 0 aliphatic carbocycles. The predicted octanol–water partition coefficient (Wildman–Crippen LogP) is 0.289. The van der Waals surface area contributed by atoms with Crippen molar-refractivity contribution < 1.29 is 0 Å². The number of hydrogen-bond acceptors (Lipinski definition) is 7. The van der Waals surface area contributed by atoms with E-state index in [0.29, 0.717) is 23.4 Å². The normalized spacial score (nSPS) is 14.8. The van der Waals surface area contributed by atoms with Gasteiger partial charge in [-0.3, -0.25) is 4.79 Å². The molecule has 0 amide bonds. The van der Waals surface area contributed by atoms with Gasteiger partial charge in [-0.25, -0.2) is 15.0 Å². The second-order valence-electron chi connectivity index (χ2n) is 6.77. The molecule has 1 saturated heterocycles.